The largest absolute Gasteiger partial charge is 0.381 e. The van der Waals surface area contributed by atoms with Crippen molar-refractivity contribution in [3.05, 3.63) is 53.4 Å². The molecule has 0 spiro atoms. The molecule has 0 fully saturated rings. The Bertz CT molecular complexity index is 1060. The number of pyridine rings is 1. The van der Waals surface area contributed by atoms with Crippen LogP contribution in [-0.2, 0) is 7.05 Å². The highest BCUT2D eigenvalue weighted by Crippen LogP contribution is 2.32. The Morgan fingerprint density at radius 1 is 1.08 bits per heavy atom. The summed E-state index contributed by atoms with van der Waals surface area (Å²) in [6.45, 7) is 0. The van der Waals surface area contributed by atoms with Crippen molar-refractivity contribution in [2.75, 3.05) is 5.73 Å². The third-order valence-electron chi connectivity index (χ3n) is 3.71. The highest BCUT2D eigenvalue weighted by atomic mass is 79.9. The molecule has 0 radical (unpaired) electrons. The van der Waals surface area contributed by atoms with Crippen molar-refractivity contribution in [1.82, 2.24) is 24.7 Å². The molecule has 3 heterocycles. The van der Waals surface area contributed by atoms with Crippen molar-refractivity contribution in [1.29, 1.82) is 0 Å². The van der Waals surface area contributed by atoms with Crippen molar-refractivity contribution in [3.63, 3.8) is 0 Å². The van der Waals surface area contributed by atoms with E-state index in [0.29, 0.717) is 16.1 Å². The highest BCUT2D eigenvalue weighted by molar-refractivity contribution is 9.10. The molecule has 7 heteroatoms. The van der Waals surface area contributed by atoms with E-state index in [1.165, 1.54) is 0 Å². The van der Waals surface area contributed by atoms with Crippen molar-refractivity contribution in [2.45, 2.75) is 0 Å². The smallest absolute Gasteiger partial charge is 0.157 e. The molecule has 0 saturated carbocycles. The Labute approximate surface area is 146 Å². The first kappa shape index (κ1) is 14.8. The second kappa shape index (κ2) is 5.68. The third-order valence-corrected chi connectivity index (χ3v) is 4.29. The predicted molar refractivity (Wildman–Crippen MR) is 97.1 cm³/mol. The van der Waals surface area contributed by atoms with Crippen LogP contribution in [0.4, 0.5) is 5.82 Å². The zero-order chi connectivity index (χ0) is 16.7. The number of hydrogen-bond acceptors (Lipinski definition) is 5. The second-order valence-corrected chi connectivity index (χ2v) is 6.13. The normalized spacial score (nSPS) is 11.1. The molecule has 1 aromatic carbocycles. The van der Waals surface area contributed by atoms with E-state index >= 15 is 0 Å². The lowest BCUT2D eigenvalue weighted by atomic mass is 10.1. The van der Waals surface area contributed by atoms with Gasteiger partial charge in [0.2, 0.25) is 0 Å². The zero-order valence-electron chi connectivity index (χ0n) is 12.8. The van der Waals surface area contributed by atoms with Gasteiger partial charge in [-0.1, -0.05) is 12.1 Å². The van der Waals surface area contributed by atoms with Gasteiger partial charge in [0.15, 0.2) is 5.82 Å². The van der Waals surface area contributed by atoms with E-state index in [1.54, 1.807) is 10.9 Å². The maximum atomic E-state index is 5.94. The van der Waals surface area contributed by atoms with Gasteiger partial charge in [-0.2, -0.15) is 5.10 Å². The Hall–Kier alpha value is -2.80. The molecule has 0 aliphatic rings. The minimum absolute atomic E-state index is 0.335. The quantitative estimate of drug-likeness (QED) is 0.575. The van der Waals surface area contributed by atoms with Crippen molar-refractivity contribution in [2.24, 2.45) is 7.05 Å². The number of fused-ring (bicyclic) bond motifs is 1. The maximum absolute atomic E-state index is 5.94. The van der Waals surface area contributed by atoms with Crippen LogP contribution in [0.3, 0.4) is 0 Å². The van der Waals surface area contributed by atoms with Crippen LogP contribution in [0.5, 0.6) is 0 Å². The van der Waals surface area contributed by atoms with Crippen molar-refractivity contribution in [3.8, 4) is 22.6 Å². The minimum Gasteiger partial charge on any atom is -0.381 e. The van der Waals surface area contributed by atoms with Crippen LogP contribution in [0.1, 0.15) is 0 Å². The molecule has 4 rings (SSSR count). The molecule has 0 bridgehead atoms. The van der Waals surface area contributed by atoms with Crippen LogP contribution >= 0.6 is 15.9 Å². The van der Waals surface area contributed by atoms with Crippen LogP contribution in [-0.4, -0.2) is 24.7 Å². The number of nitrogens with two attached hydrogens (primary N) is 1. The van der Waals surface area contributed by atoms with E-state index < -0.39 is 0 Å². The summed E-state index contributed by atoms with van der Waals surface area (Å²) >= 11 is 3.37. The van der Waals surface area contributed by atoms with E-state index in [2.05, 4.69) is 36.0 Å². The number of nitrogen functional groups attached to an aromatic ring is 1. The molecule has 0 atom stereocenters. The molecule has 24 heavy (non-hydrogen) atoms. The van der Waals surface area contributed by atoms with E-state index in [0.717, 1.165) is 27.9 Å². The van der Waals surface area contributed by atoms with Gasteiger partial charge >= 0.3 is 0 Å². The molecule has 3 aromatic heterocycles. The fourth-order valence-corrected chi connectivity index (χ4v) is 2.84. The summed E-state index contributed by atoms with van der Waals surface area (Å²) in [4.78, 5) is 13.4. The molecule has 2 N–H and O–H groups in total. The number of halogens is 1. The summed E-state index contributed by atoms with van der Waals surface area (Å²) in [7, 11) is 1.86. The Morgan fingerprint density at radius 3 is 2.75 bits per heavy atom. The van der Waals surface area contributed by atoms with Crippen molar-refractivity contribution < 1.29 is 0 Å². The molecule has 6 nitrogen and oxygen atoms in total. The number of aryl methyl sites for hydroxylation is 1. The van der Waals surface area contributed by atoms with Crippen LogP contribution in [0.25, 0.3) is 33.5 Å². The van der Waals surface area contributed by atoms with Crippen LogP contribution < -0.4 is 5.73 Å². The van der Waals surface area contributed by atoms with E-state index in [9.17, 15) is 0 Å². The monoisotopic (exact) mass is 380 g/mol. The van der Waals surface area contributed by atoms with Crippen molar-refractivity contribution >= 4 is 32.7 Å². The van der Waals surface area contributed by atoms with Gasteiger partial charge in [-0.3, -0.25) is 9.67 Å². The number of nitrogens with zero attached hydrogens (tertiary/aromatic N) is 5. The predicted octanol–water partition coefficient (Wildman–Crippen LogP) is 3.44. The van der Waals surface area contributed by atoms with Crippen LogP contribution in [0.15, 0.2) is 53.4 Å². The minimum atomic E-state index is 0.335. The van der Waals surface area contributed by atoms with Gasteiger partial charge in [0, 0.05) is 30.4 Å². The topological polar surface area (TPSA) is 82.5 Å². The SMILES string of the molecule is Cn1ccc(-c2nc(N)c(Br)nc2-c2ccc3ncccc3c2)n1. The van der Waals surface area contributed by atoms with Gasteiger partial charge in [0.1, 0.15) is 16.0 Å². The Kier molecular flexibility index (Phi) is 3.50. The summed E-state index contributed by atoms with van der Waals surface area (Å²) in [5, 5.41) is 5.47. The molecule has 0 aliphatic heterocycles. The van der Waals surface area contributed by atoms with Crippen LogP contribution in [0, 0.1) is 0 Å². The van der Waals surface area contributed by atoms with Gasteiger partial charge in [0.05, 0.1) is 11.2 Å². The first-order valence-electron chi connectivity index (χ1n) is 7.30. The summed E-state index contributed by atoms with van der Waals surface area (Å²) in [5.41, 5.74) is 9.91. The average Bonchev–Trinajstić information content (AvgIpc) is 3.03. The fraction of sp³-hybridized carbons (Fsp3) is 0.0588. The lowest BCUT2D eigenvalue weighted by Gasteiger charge is -2.09. The summed E-state index contributed by atoms with van der Waals surface area (Å²) in [6.07, 6.45) is 3.64. The van der Waals surface area contributed by atoms with Crippen LogP contribution in [0.2, 0.25) is 0 Å². The lowest BCUT2D eigenvalue weighted by molar-refractivity contribution is 0.770. The average molecular weight is 381 g/mol. The molecule has 0 aliphatic carbocycles. The number of benzene rings is 1. The Balaban J connectivity index is 1.97. The summed E-state index contributed by atoms with van der Waals surface area (Å²) in [5.74, 6) is 0.335. The molecule has 0 saturated heterocycles. The number of anilines is 1. The standard InChI is InChI=1S/C17H13BrN6/c1-24-8-6-13(23-24)15-14(21-16(18)17(19)22-15)11-4-5-12-10(9-11)3-2-7-20-12/h2-9H,1H3,(H2,19,22). The summed E-state index contributed by atoms with van der Waals surface area (Å²) < 4.78 is 2.24. The second-order valence-electron chi connectivity index (χ2n) is 5.38. The molecule has 0 unspecified atom stereocenters. The maximum Gasteiger partial charge on any atom is 0.157 e. The number of hydrogen-bond donors (Lipinski definition) is 1. The number of aromatic nitrogens is 5. The van der Waals surface area contributed by atoms with Gasteiger partial charge < -0.3 is 5.73 Å². The first-order valence-corrected chi connectivity index (χ1v) is 8.09. The molecular weight excluding hydrogens is 368 g/mol. The molecule has 118 valence electrons. The summed E-state index contributed by atoms with van der Waals surface area (Å²) in [6, 6.07) is 11.8. The molecule has 4 aromatic rings. The highest BCUT2D eigenvalue weighted by Gasteiger charge is 2.16. The van der Waals surface area contributed by atoms with E-state index in [4.69, 9.17) is 5.73 Å². The molecular formula is C17H13BrN6. The lowest BCUT2D eigenvalue weighted by Crippen LogP contribution is -2.01. The number of rotatable bonds is 2. The van der Waals surface area contributed by atoms with Gasteiger partial charge in [-0.25, -0.2) is 9.97 Å². The Morgan fingerprint density at radius 2 is 1.96 bits per heavy atom. The van der Waals surface area contributed by atoms with Gasteiger partial charge in [-0.15, -0.1) is 0 Å². The molecule has 0 amide bonds. The van der Waals surface area contributed by atoms with Gasteiger partial charge in [0.25, 0.3) is 0 Å². The third kappa shape index (κ3) is 2.52. The van der Waals surface area contributed by atoms with E-state index in [-0.39, 0.29) is 0 Å². The fourth-order valence-electron chi connectivity index (χ4n) is 2.57. The van der Waals surface area contributed by atoms with Gasteiger partial charge in [-0.05, 0) is 40.2 Å². The van der Waals surface area contributed by atoms with E-state index in [1.807, 2.05) is 49.6 Å². The first-order chi connectivity index (χ1) is 11.6. The zero-order valence-corrected chi connectivity index (χ0v) is 14.4.